The number of ketones is 1. The average molecular weight is 496 g/mol. The molecule has 2 unspecified atom stereocenters. The molecule has 6 nitrogen and oxygen atoms in total. The summed E-state index contributed by atoms with van der Waals surface area (Å²) in [6.45, 7) is 6.82. The van der Waals surface area contributed by atoms with E-state index in [2.05, 4.69) is 24.0 Å². The lowest BCUT2D eigenvalue weighted by molar-refractivity contribution is -0.148. The number of aliphatic hydroxyl groups is 1. The fraction of sp³-hybridized carbons (Fsp3) is 0.759. The van der Waals surface area contributed by atoms with E-state index < -0.39 is 5.60 Å². The summed E-state index contributed by atoms with van der Waals surface area (Å²) >= 11 is 0. The van der Waals surface area contributed by atoms with Gasteiger partial charge in [0, 0.05) is 17.4 Å². The van der Waals surface area contributed by atoms with E-state index in [1.54, 1.807) is 6.07 Å². The summed E-state index contributed by atoms with van der Waals surface area (Å²) < 4.78 is 20.2. The Morgan fingerprint density at radius 1 is 1.11 bits per heavy atom. The van der Waals surface area contributed by atoms with E-state index in [1.165, 1.54) is 16.9 Å². The second kappa shape index (κ2) is 7.59. The number of nitrogens with zero attached hydrogens (tertiary/aromatic N) is 3. The number of fused-ring (bicyclic) bond motifs is 4. The van der Waals surface area contributed by atoms with Gasteiger partial charge in [0.1, 0.15) is 23.4 Å². The van der Waals surface area contributed by atoms with Crippen molar-refractivity contribution in [3.63, 3.8) is 0 Å². The molecule has 0 amide bonds. The van der Waals surface area contributed by atoms with Gasteiger partial charge in [-0.15, -0.1) is 0 Å². The zero-order chi connectivity index (χ0) is 25.0. The second-order valence-electron chi connectivity index (χ2n) is 13.4. The lowest BCUT2D eigenvalue weighted by Gasteiger charge is -2.61. The molecule has 7 heteroatoms. The molecule has 4 aliphatic carbocycles. The first-order chi connectivity index (χ1) is 17.1. The lowest BCUT2D eigenvalue weighted by Crippen LogP contribution is -2.59. The molecule has 1 aromatic carbocycles. The molecule has 5 fully saturated rings. The van der Waals surface area contributed by atoms with Gasteiger partial charge < -0.3 is 9.84 Å². The van der Waals surface area contributed by atoms with Gasteiger partial charge in [0.2, 0.25) is 0 Å². The topological polar surface area (TPSA) is 77.2 Å². The average Bonchev–Trinajstić information content (AvgIpc) is 3.43. The molecule has 0 radical (unpaired) electrons. The second-order valence-corrected chi connectivity index (χ2v) is 13.4. The fourth-order valence-electron chi connectivity index (χ4n) is 10.2. The number of benzene rings is 1. The highest BCUT2D eigenvalue weighted by atomic mass is 19.1. The predicted molar refractivity (Wildman–Crippen MR) is 132 cm³/mol. The maximum Gasteiger partial charge on any atom is 0.159 e. The summed E-state index contributed by atoms with van der Waals surface area (Å²) in [6, 6.07) is 4.36. The van der Waals surface area contributed by atoms with Gasteiger partial charge in [-0.3, -0.25) is 4.79 Å². The third-order valence-electron chi connectivity index (χ3n) is 11.7. The number of rotatable bonds is 3. The Kier molecular flexibility index (Phi) is 4.91. The van der Waals surface area contributed by atoms with Crippen LogP contribution in [0.15, 0.2) is 18.2 Å². The SMILES string of the molecule is C[C@H]1O[C@@H]2C[C@@H]3C(CC[C@]4(C)[C@@H](C(=O)Cn5nc6ccc(F)cc6n5)CC[C@@H]34)[C@]13CC[C@@](C)(O)CC23. The molecule has 5 aliphatic rings. The smallest absolute Gasteiger partial charge is 0.159 e. The molecule has 1 aliphatic heterocycles. The molecule has 0 spiro atoms. The number of hydrogen-bond acceptors (Lipinski definition) is 5. The van der Waals surface area contributed by atoms with E-state index in [9.17, 15) is 14.3 Å². The van der Waals surface area contributed by atoms with Crippen LogP contribution in [0.3, 0.4) is 0 Å². The first-order valence-electron chi connectivity index (χ1n) is 14.0. The van der Waals surface area contributed by atoms with Crippen LogP contribution in [-0.2, 0) is 16.1 Å². The van der Waals surface area contributed by atoms with Crippen LogP contribution in [0.25, 0.3) is 11.0 Å². The van der Waals surface area contributed by atoms with Gasteiger partial charge in [0.05, 0.1) is 17.8 Å². The van der Waals surface area contributed by atoms with Crippen LogP contribution in [0.2, 0.25) is 0 Å². The molecule has 1 aromatic heterocycles. The van der Waals surface area contributed by atoms with E-state index in [0.29, 0.717) is 34.7 Å². The molecule has 2 heterocycles. The highest BCUT2D eigenvalue weighted by Crippen LogP contribution is 2.71. The Hall–Kier alpha value is -1.86. The molecule has 194 valence electrons. The molecule has 1 N–H and O–H groups in total. The Bertz CT molecular complexity index is 1230. The summed E-state index contributed by atoms with van der Waals surface area (Å²) in [7, 11) is 0. The zero-order valence-corrected chi connectivity index (χ0v) is 21.6. The molecule has 2 aromatic rings. The lowest BCUT2D eigenvalue weighted by atomic mass is 9.42. The molecule has 36 heavy (non-hydrogen) atoms. The minimum absolute atomic E-state index is 0.00322. The third-order valence-corrected chi connectivity index (χ3v) is 11.7. The van der Waals surface area contributed by atoms with E-state index in [0.717, 1.165) is 51.4 Å². The first kappa shape index (κ1) is 23.3. The number of ether oxygens (including phenoxy) is 1. The highest BCUT2D eigenvalue weighted by molar-refractivity contribution is 5.82. The van der Waals surface area contributed by atoms with Crippen LogP contribution >= 0.6 is 0 Å². The van der Waals surface area contributed by atoms with Crippen LogP contribution < -0.4 is 0 Å². The van der Waals surface area contributed by atoms with Crippen molar-refractivity contribution in [3.05, 3.63) is 24.0 Å². The van der Waals surface area contributed by atoms with Crippen molar-refractivity contribution in [2.24, 2.45) is 40.4 Å². The quantitative estimate of drug-likeness (QED) is 0.654. The van der Waals surface area contributed by atoms with Gasteiger partial charge in [-0.2, -0.15) is 15.0 Å². The number of halogens is 1. The molecule has 4 saturated carbocycles. The van der Waals surface area contributed by atoms with Crippen LogP contribution in [0.1, 0.15) is 72.1 Å². The van der Waals surface area contributed by atoms with Gasteiger partial charge in [0.25, 0.3) is 0 Å². The Morgan fingerprint density at radius 2 is 1.92 bits per heavy atom. The maximum absolute atomic E-state index is 13.6. The normalized spacial score (nSPS) is 47.4. The number of Topliss-reactive ketones (excluding diaryl/α,β-unsaturated/α-hetero) is 1. The monoisotopic (exact) mass is 495 g/mol. The number of hydrogen-bond donors (Lipinski definition) is 1. The minimum atomic E-state index is -0.572. The van der Waals surface area contributed by atoms with Crippen molar-refractivity contribution >= 4 is 16.8 Å². The summed E-state index contributed by atoms with van der Waals surface area (Å²) in [5.41, 5.74) is 0.729. The van der Waals surface area contributed by atoms with Crippen molar-refractivity contribution in [1.29, 1.82) is 0 Å². The molecule has 1 saturated heterocycles. The number of aromatic nitrogens is 3. The molecular formula is C29H38FN3O3. The van der Waals surface area contributed by atoms with Crippen LogP contribution in [0.4, 0.5) is 4.39 Å². The van der Waals surface area contributed by atoms with Gasteiger partial charge in [-0.05, 0) is 106 Å². The third kappa shape index (κ3) is 3.11. The van der Waals surface area contributed by atoms with Crippen LogP contribution in [0.5, 0.6) is 0 Å². The van der Waals surface area contributed by atoms with E-state index in [-0.39, 0.29) is 47.1 Å². The summed E-state index contributed by atoms with van der Waals surface area (Å²) in [5, 5.41) is 19.7. The summed E-state index contributed by atoms with van der Waals surface area (Å²) in [4.78, 5) is 15.1. The Morgan fingerprint density at radius 3 is 2.75 bits per heavy atom. The Labute approximate surface area is 212 Å². The van der Waals surface area contributed by atoms with Crippen molar-refractivity contribution in [1.82, 2.24) is 15.0 Å². The minimum Gasteiger partial charge on any atom is -0.390 e. The fourth-order valence-corrected chi connectivity index (χ4v) is 10.2. The van der Waals surface area contributed by atoms with Gasteiger partial charge in [-0.1, -0.05) is 6.92 Å². The van der Waals surface area contributed by atoms with Crippen molar-refractivity contribution in [2.45, 2.75) is 96.5 Å². The molecule has 10 atom stereocenters. The molecule has 7 rings (SSSR count). The van der Waals surface area contributed by atoms with Crippen molar-refractivity contribution in [3.8, 4) is 0 Å². The molecule has 2 bridgehead atoms. The number of carbonyl (C=O) groups is 1. The summed E-state index contributed by atoms with van der Waals surface area (Å²) in [5.74, 6) is 2.13. The standard InChI is InChI=1S/C29H38FN3O3/c1-16-29-11-10-27(2,35)14-22(29)26(36-16)13-18-19-5-6-21(28(19,3)9-8-20(18)29)25(34)15-33-31-23-7-4-17(30)12-24(23)32-33/h4,7,12,16,18-22,26,35H,5-6,8-11,13-15H2,1-3H3/t16-,18+,19+,20?,21-,22?,26-,27-,28+,29+/m1/s1. The van der Waals surface area contributed by atoms with E-state index in [4.69, 9.17) is 4.74 Å². The predicted octanol–water partition coefficient (Wildman–Crippen LogP) is 4.93. The van der Waals surface area contributed by atoms with Crippen LogP contribution in [-0.4, -0.2) is 43.7 Å². The zero-order valence-electron chi connectivity index (χ0n) is 21.6. The maximum atomic E-state index is 13.6. The van der Waals surface area contributed by atoms with Crippen molar-refractivity contribution < 1.29 is 19.0 Å². The Balaban J connectivity index is 1.14. The molecular weight excluding hydrogens is 457 g/mol. The summed E-state index contributed by atoms with van der Waals surface area (Å²) in [6.07, 6.45) is 8.65. The van der Waals surface area contributed by atoms with Crippen LogP contribution in [0, 0.1) is 46.2 Å². The number of carbonyl (C=O) groups excluding carboxylic acids is 1. The van der Waals surface area contributed by atoms with Gasteiger partial charge >= 0.3 is 0 Å². The van der Waals surface area contributed by atoms with Gasteiger partial charge in [-0.25, -0.2) is 4.39 Å². The highest BCUT2D eigenvalue weighted by Gasteiger charge is 2.69. The first-order valence-corrected chi connectivity index (χ1v) is 14.0. The van der Waals surface area contributed by atoms with Crippen molar-refractivity contribution in [2.75, 3.05) is 0 Å². The van der Waals surface area contributed by atoms with E-state index in [1.807, 2.05) is 6.92 Å². The van der Waals surface area contributed by atoms with E-state index >= 15 is 0 Å². The largest absolute Gasteiger partial charge is 0.390 e. The van der Waals surface area contributed by atoms with Gasteiger partial charge in [0.15, 0.2) is 5.78 Å².